The van der Waals surface area contributed by atoms with Crippen LogP contribution in [0.1, 0.15) is 36.8 Å². The van der Waals surface area contributed by atoms with Gasteiger partial charge in [0.1, 0.15) is 17.2 Å². The zero-order valence-corrected chi connectivity index (χ0v) is 23.2. The third-order valence-electron chi connectivity index (χ3n) is 5.29. The molecule has 4 rings (SSSR count). The molecule has 192 valence electrons. The first-order chi connectivity index (χ1) is 17.8. The topological polar surface area (TPSA) is 93.2 Å². The molecule has 0 spiro atoms. The van der Waals surface area contributed by atoms with Crippen molar-refractivity contribution in [1.29, 1.82) is 0 Å². The zero-order valence-electron chi connectivity index (χ0n) is 20.7. The van der Waals surface area contributed by atoms with Crippen LogP contribution < -0.4 is 10.6 Å². The Morgan fingerprint density at radius 1 is 0.946 bits per heavy atom. The van der Waals surface area contributed by atoms with Crippen LogP contribution in [0, 0.1) is 0 Å². The second-order valence-corrected chi connectivity index (χ2v) is 12.1. The number of amides is 2. The molecule has 2 amide bonds. The predicted molar refractivity (Wildman–Crippen MR) is 151 cm³/mol. The fourth-order valence-corrected chi connectivity index (χ4v) is 6.87. The van der Waals surface area contributed by atoms with E-state index in [-0.39, 0.29) is 5.75 Å². The van der Waals surface area contributed by atoms with E-state index in [0.29, 0.717) is 5.13 Å². The van der Waals surface area contributed by atoms with Gasteiger partial charge in [-0.1, -0.05) is 78.1 Å². The van der Waals surface area contributed by atoms with Crippen LogP contribution in [0.4, 0.5) is 9.93 Å². The molecule has 7 nitrogen and oxygen atoms in total. The number of thiophene rings is 1. The summed E-state index contributed by atoms with van der Waals surface area (Å²) in [7, 11) is 0. The number of alkyl carbamates (subject to hydrolysis) is 1. The number of rotatable bonds is 9. The summed E-state index contributed by atoms with van der Waals surface area (Å²) in [5.74, 6) is -0.123. The van der Waals surface area contributed by atoms with Gasteiger partial charge in [0.05, 0.1) is 4.75 Å². The van der Waals surface area contributed by atoms with Gasteiger partial charge in [-0.2, -0.15) is 0 Å². The van der Waals surface area contributed by atoms with Crippen molar-refractivity contribution in [2.24, 2.45) is 0 Å². The highest BCUT2D eigenvalue weighted by Gasteiger charge is 2.39. The minimum atomic E-state index is -0.893. The SMILES string of the molecule is CC(C)(C)OC(=O)NC(CSC(c1ccccc1)(c1ccccc1)c1cccs1)C(=O)Nc1nncs1. The fraction of sp³-hybridized carbons (Fsp3) is 0.259. The molecule has 0 aliphatic rings. The van der Waals surface area contributed by atoms with E-state index < -0.39 is 28.4 Å². The quantitative estimate of drug-likeness (QED) is 0.258. The Morgan fingerprint density at radius 2 is 1.59 bits per heavy atom. The summed E-state index contributed by atoms with van der Waals surface area (Å²) in [5.41, 5.74) is 2.99. The van der Waals surface area contributed by atoms with Gasteiger partial charge in [-0.25, -0.2) is 4.79 Å². The van der Waals surface area contributed by atoms with E-state index in [1.54, 1.807) is 43.9 Å². The van der Waals surface area contributed by atoms with Crippen molar-refractivity contribution in [3.63, 3.8) is 0 Å². The fourth-order valence-electron chi connectivity index (χ4n) is 3.77. The van der Waals surface area contributed by atoms with Gasteiger partial charge < -0.3 is 10.1 Å². The van der Waals surface area contributed by atoms with Crippen LogP contribution in [0.3, 0.4) is 0 Å². The van der Waals surface area contributed by atoms with Gasteiger partial charge in [0, 0.05) is 10.6 Å². The molecule has 1 unspecified atom stereocenters. The Labute approximate surface area is 228 Å². The van der Waals surface area contributed by atoms with Gasteiger partial charge in [-0.05, 0) is 43.3 Å². The van der Waals surface area contributed by atoms with Gasteiger partial charge in [0.25, 0.3) is 0 Å². The number of aromatic nitrogens is 2. The van der Waals surface area contributed by atoms with Crippen molar-refractivity contribution < 1.29 is 14.3 Å². The summed E-state index contributed by atoms with van der Waals surface area (Å²) in [6.45, 7) is 5.35. The molecule has 10 heteroatoms. The standard InChI is InChI=1S/C27H28N4O3S3/c1-26(2,3)34-25(33)29-21(23(32)30-24-31-28-18-36-24)17-37-27(22-15-10-16-35-22,19-11-6-4-7-12-19)20-13-8-5-9-14-20/h4-16,18,21H,17H2,1-3H3,(H,29,33)(H,30,31,32). The second kappa shape index (κ2) is 11.9. The van der Waals surface area contributed by atoms with E-state index in [2.05, 4.69) is 56.5 Å². The lowest BCUT2D eigenvalue weighted by Crippen LogP contribution is -2.48. The molecular formula is C27H28N4O3S3. The molecule has 0 aliphatic heterocycles. The first-order valence-corrected chi connectivity index (χ1v) is 14.4. The minimum absolute atomic E-state index is 0.269. The highest BCUT2D eigenvalue weighted by Crippen LogP contribution is 2.50. The van der Waals surface area contributed by atoms with Crippen LogP contribution in [0.2, 0.25) is 0 Å². The molecule has 0 fully saturated rings. The maximum Gasteiger partial charge on any atom is 0.408 e. The van der Waals surface area contributed by atoms with E-state index >= 15 is 0 Å². The maximum atomic E-state index is 13.3. The van der Waals surface area contributed by atoms with E-state index in [0.717, 1.165) is 16.0 Å². The van der Waals surface area contributed by atoms with E-state index in [9.17, 15) is 9.59 Å². The Balaban J connectivity index is 1.71. The van der Waals surface area contributed by atoms with Crippen molar-refractivity contribution in [2.75, 3.05) is 11.1 Å². The van der Waals surface area contributed by atoms with E-state index in [4.69, 9.17) is 4.74 Å². The number of nitrogens with zero attached hydrogens (tertiary/aromatic N) is 2. The number of ether oxygens (including phenoxy) is 1. The average molecular weight is 553 g/mol. The summed E-state index contributed by atoms with van der Waals surface area (Å²) in [5, 5.41) is 15.6. The van der Waals surface area contributed by atoms with Crippen LogP contribution >= 0.6 is 34.4 Å². The van der Waals surface area contributed by atoms with Crippen molar-refractivity contribution in [1.82, 2.24) is 15.5 Å². The van der Waals surface area contributed by atoms with E-state index in [1.165, 1.54) is 16.8 Å². The van der Waals surface area contributed by atoms with Gasteiger partial charge in [0.15, 0.2) is 0 Å². The predicted octanol–water partition coefficient (Wildman–Crippen LogP) is 6.16. The smallest absolute Gasteiger partial charge is 0.408 e. The molecule has 0 aliphatic carbocycles. The van der Waals surface area contributed by atoms with Crippen molar-refractivity contribution in [2.45, 2.75) is 37.2 Å². The molecule has 0 saturated carbocycles. The lowest BCUT2D eigenvalue weighted by molar-refractivity contribution is -0.117. The maximum absolute atomic E-state index is 13.3. The molecule has 2 N–H and O–H groups in total. The van der Waals surface area contributed by atoms with Gasteiger partial charge in [-0.15, -0.1) is 33.3 Å². The van der Waals surface area contributed by atoms with Crippen molar-refractivity contribution >= 4 is 51.6 Å². The third-order valence-corrected chi connectivity index (χ3v) is 8.64. The Kier molecular flexibility index (Phi) is 8.63. The Morgan fingerprint density at radius 3 is 2.11 bits per heavy atom. The van der Waals surface area contributed by atoms with Crippen LogP contribution in [0.5, 0.6) is 0 Å². The molecule has 0 saturated heterocycles. The number of thioether (sulfide) groups is 1. The number of anilines is 1. The summed E-state index contributed by atoms with van der Waals surface area (Å²) in [6, 6.07) is 23.6. The van der Waals surface area contributed by atoms with Gasteiger partial charge in [0.2, 0.25) is 11.0 Å². The van der Waals surface area contributed by atoms with Crippen molar-refractivity contribution in [3.05, 3.63) is 99.7 Å². The highest BCUT2D eigenvalue weighted by molar-refractivity contribution is 8.00. The summed E-state index contributed by atoms with van der Waals surface area (Å²) in [6.07, 6.45) is -0.661. The number of benzene rings is 2. The first-order valence-electron chi connectivity index (χ1n) is 11.6. The minimum Gasteiger partial charge on any atom is -0.444 e. The molecule has 2 aromatic carbocycles. The second-order valence-electron chi connectivity index (χ2n) is 9.13. The molecule has 4 aromatic rings. The summed E-state index contributed by atoms with van der Waals surface area (Å²) in [4.78, 5) is 27.2. The average Bonchev–Trinajstić information content (AvgIpc) is 3.59. The lowest BCUT2D eigenvalue weighted by atomic mass is 9.89. The monoisotopic (exact) mass is 552 g/mol. The Bertz CT molecular complexity index is 1240. The third kappa shape index (κ3) is 6.76. The molecule has 0 bridgehead atoms. The first kappa shape index (κ1) is 26.8. The number of nitrogens with one attached hydrogen (secondary N) is 2. The van der Waals surface area contributed by atoms with Crippen LogP contribution in [-0.4, -0.2) is 39.6 Å². The van der Waals surface area contributed by atoms with Crippen LogP contribution in [-0.2, 0) is 14.3 Å². The van der Waals surface area contributed by atoms with Gasteiger partial charge in [-0.3, -0.25) is 10.1 Å². The molecule has 0 radical (unpaired) electrons. The molecule has 2 heterocycles. The molecular weight excluding hydrogens is 525 g/mol. The molecule has 1 atom stereocenters. The number of carbonyl (C=O) groups excluding carboxylic acids is 2. The van der Waals surface area contributed by atoms with Gasteiger partial charge >= 0.3 is 6.09 Å². The van der Waals surface area contributed by atoms with E-state index in [1.807, 2.05) is 42.5 Å². The molecule has 2 aromatic heterocycles. The molecule has 37 heavy (non-hydrogen) atoms. The zero-order chi connectivity index (χ0) is 26.3. The number of carbonyl (C=O) groups is 2. The van der Waals surface area contributed by atoms with Crippen LogP contribution in [0.25, 0.3) is 0 Å². The summed E-state index contributed by atoms with van der Waals surface area (Å²) < 4.78 is 4.86. The summed E-state index contributed by atoms with van der Waals surface area (Å²) >= 11 is 4.45. The number of hydrogen-bond acceptors (Lipinski definition) is 8. The lowest BCUT2D eigenvalue weighted by Gasteiger charge is -2.35. The normalized spacial score (nSPS) is 12.5. The van der Waals surface area contributed by atoms with Crippen LogP contribution in [0.15, 0.2) is 83.7 Å². The highest BCUT2D eigenvalue weighted by atomic mass is 32.2. The van der Waals surface area contributed by atoms with Crippen molar-refractivity contribution in [3.8, 4) is 0 Å². The largest absolute Gasteiger partial charge is 0.444 e. The Hall–Kier alpha value is -3.21. The number of hydrogen-bond donors (Lipinski definition) is 2.